The first kappa shape index (κ1) is 56.1. The van der Waals surface area contributed by atoms with E-state index in [4.69, 9.17) is 9.47 Å². The summed E-state index contributed by atoms with van der Waals surface area (Å²) in [6.07, 6.45) is 31.1. The van der Waals surface area contributed by atoms with Crippen LogP contribution in [0, 0.1) is 0 Å². The molecule has 59 heavy (non-hydrogen) atoms. The van der Waals surface area contributed by atoms with Crippen molar-refractivity contribution in [2.45, 2.75) is 275 Å². The van der Waals surface area contributed by atoms with Crippen LogP contribution in [0.5, 0.6) is 0 Å². The molecule has 7 atom stereocenters. The number of aliphatic hydroxyl groups is 4. The van der Waals surface area contributed by atoms with Crippen LogP contribution in [0.15, 0.2) is 0 Å². The molecule has 1 amide bonds. The van der Waals surface area contributed by atoms with Gasteiger partial charge in [0.1, 0.15) is 24.4 Å². The summed E-state index contributed by atoms with van der Waals surface area (Å²) in [5.74, 6) is -0.228. The Labute approximate surface area is 360 Å². The molecule has 1 heterocycles. The Morgan fingerprint density at radius 3 is 1.36 bits per heavy atom. The average Bonchev–Trinajstić information content (AvgIpc) is 3.20. The average molecular weight is 866 g/mol. The highest BCUT2D eigenvalue weighted by atomic mass is 32.3. The molecule has 7 unspecified atom stereocenters. The van der Waals surface area contributed by atoms with Crippen LogP contribution in [0.4, 0.5) is 0 Å². The maximum atomic E-state index is 13.0. The molecule has 0 aliphatic carbocycles. The zero-order valence-corrected chi connectivity index (χ0v) is 38.4. The fourth-order valence-corrected chi connectivity index (χ4v) is 8.62. The fraction of sp³-hybridized carbons (Fsp3) is 0.978. The van der Waals surface area contributed by atoms with E-state index in [1.165, 1.54) is 154 Å². The Balaban J connectivity index is 2.41. The Hall–Kier alpha value is -0.900. The van der Waals surface area contributed by atoms with E-state index >= 15 is 0 Å². The quantitative estimate of drug-likeness (QED) is 0.0253. The summed E-state index contributed by atoms with van der Waals surface area (Å²) >= 11 is 0. The van der Waals surface area contributed by atoms with Crippen LogP contribution in [0.3, 0.4) is 0 Å². The molecule has 0 aromatic carbocycles. The fourth-order valence-electron chi connectivity index (χ4n) is 8.11. The van der Waals surface area contributed by atoms with Crippen LogP contribution in [0.25, 0.3) is 0 Å². The number of carbonyl (C=O) groups excluding carboxylic acids is 1. The summed E-state index contributed by atoms with van der Waals surface area (Å²) < 4.78 is 47.7. The van der Waals surface area contributed by atoms with Crippen molar-refractivity contribution in [1.29, 1.82) is 0 Å². The second-order valence-corrected chi connectivity index (χ2v) is 18.5. The van der Waals surface area contributed by atoms with Crippen molar-refractivity contribution in [1.82, 2.24) is 5.32 Å². The second kappa shape index (κ2) is 37.6. The van der Waals surface area contributed by atoms with Crippen molar-refractivity contribution < 1.29 is 51.8 Å². The van der Waals surface area contributed by atoms with Gasteiger partial charge in [-0.3, -0.25) is 9.35 Å². The van der Waals surface area contributed by atoms with E-state index in [9.17, 15) is 38.2 Å². The summed E-state index contributed by atoms with van der Waals surface area (Å²) in [4.78, 5) is 13.0. The van der Waals surface area contributed by atoms with E-state index < -0.39 is 59.9 Å². The van der Waals surface area contributed by atoms with Gasteiger partial charge < -0.3 is 35.2 Å². The van der Waals surface area contributed by atoms with Gasteiger partial charge in [0.15, 0.2) is 6.29 Å². The van der Waals surface area contributed by atoms with Crippen LogP contribution < -0.4 is 5.32 Å². The third kappa shape index (κ3) is 30.7. The summed E-state index contributed by atoms with van der Waals surface area (Å²) in [7, 11) is -5.07. The van der Waals surface area contributed by atoms with Gasteiger partial charge in [0.25, 0.3) is 0 Å². The molecular formula is C46H91NO11S. The Morgan fingerprint density at radius 2 is 0.983 bits per heavy atom. The molecule has 0 aromatic heterocycles. The van der Waals surface area contributed by atoms with Crippen LogP contribution in [0.1, 0.15) is 232 Å². The molecule has 352 valence electrons. The predicted octanol–water partition coefficient (Wildman–Crippen LogP) is 9.78. The van der Waals surface area contributed by atoms with Crippen molar-refractivity contribution in [2.75, 3.05) is 13.2 Å². The molecule has 0 aromatic rings. The topological polar surface area (TPSA) is 192 Å². The van der Waals surface area contributed by atoms with E-state index in [-0.39, 0.29) is 12.5 Å². The number of hydrogen-bond acceptors (Lipinski definition) is 10. The van der Waals surface area contributed by atoms with Crippen molar-refractivity contribution in [3.05, 3.63) is 0 Å². The van der Waals surface area contributed by atoms with Crippen molar-refractivity contribution >= 4 is 16.3 Å². The highest BCUT2D eigenvalue weighted by Crippen LogP contribution is 2.26. The largest absolute Gasteiger partial charge is 0.397 e. The lowest BCUT2D eigenvalue weighted by Crippen LogP contribution is -2.61. The third-order valence-electron chi connectivity index (χ3n) is 11.9. The number of nitrogens with one attached hydrogen (secondary N) is 1. The smallest absolute Gasteiger partial charge is 0.394 e. The molecule has 1 rings (SSSR count). The van der Waals surface area contributed by atoms with Crippen LogP contribution in [-0.2, 0) is 28.9 Å². The molecule has 0 spiro atoms. The Kier molecular flexibility index (Phi) is 35.8. The summed E-state index contributed by atoms with van der Waals surface area (Å²) in [5.41, 5.74) is 0. The van der Waals surface area contributed by atoms with E-state index in [1.54, 1.807) is 0 Å². The standard InChI is InChI=1S/C46H91NO11S/c1-3-5-7-9-11-13-15-16-17-18-19-20-21-22-23-24-26-27-29-31-33-35-40(49)39(47-42(50)36-34-32-30-28-25-14-12-10-8-6-4-2)38-56-46-44(52)45(58-59(53,54)55)43(51)41(37-48)57-46/h39-41,43-46,48-49,51-52H,3-38H2,1-2H3,(H,47,50)(H,53,54,55). The van der Waals surface area contributed by atoms with Crippen LogP contribution in [0.2, 0.25) is 0 Å². The SMILES string of the molecule is CCCCCCCCCCCCCCCCCCCCCCCC(O)C(COC1OC(CO)C(O)C(OS(=O)(=O)O)C1O)NC(=O)CCCCCCCCCCCCC. The van der Waals surface area contributed by atoms with Gasteiger partial charge in [-0.2, -0.15) is 8.42 Å². The lowest BCUT2D eigenvalue weighted by molar-refractivity contribution is -0.298. The number of rotatable bonds is 42. The van der Waals surface area contributed by atoms with E-state index in [2.05, 4.69) is 23.3 Å². The minimum absolute atomic E-state index is 0.228. The van der Waals surface area contributed by atoms with Crippen LogP contribution in [-0.4, -0.2) is 95.4 Å². The molecule has 0 saturated carbocycles. The normalized spacial score (nSPS) is 20.8. The van der Waals surface area contributed by atoms with Gasteiger partial charge in [0.2, 0.25) is 5.91 Å². The molecule has 1 fully saturated rings. The maximum absolute atomic E-state index is 13.0. The summed E-state index contributed by atoms with van der Waals surface area (Å²) in [6, 6.07) is -0.850. The van der Waals surface area contributed by atoms with Crippen LogP contribution >= 0.6 is 0 Å². The zero-order valence-electron chi connectivity index (χ0n) is 37.6. The van der Waals surface area contributed by atoms with Gasteiger partial charge in [-0.1, -0.05) is 213 Å². The molecule has 1 aliphatic rings. The van der Waals surface area contributed by atoms with Crippen molar-refractivity contribution in [3.63, 3.8) is 0 Å². The van der Waals surface area contributed by atoms with Gasteiger partial charge >= 0.3 is 10.4 Å². The van der Waals surface area contributed by atoms with E-state index in [0.29, 0.717) is 12.8 Å². The predicted molar refractivity (Wildman–Crippen MR) is 236 cm³/mol. The number of hydrogen-bond donors (Lipinski definition) is 6. The monoisotopic (exact) mass is 866 g/mol. The first-order valence-corrected chi connectivity index (χ1v) is 25.8. The number of ether oxygens (including phenoxy) is 2. The molecule has 0 radical (unpaired) electrons. The summed E-state index contributed by atoms with van der Waals surface area (Å²) in [5, 5.41) is 44.9. The molecule has 12 nitrogen and oxygen atoms in total. The lowest BCUT2D eigenvalue weighted by atomic mass is 9.99. The minimum atomic E-state index is -5.07. The number of unbranched alkanes of at least 4 members (excludes halogenated alkanes) is 30. The highest BCUT2D eigenvalue weighted by molar-refractivity contribution is 7.80. The molecule has 13 heteroatoms. The number of amides is 1. The Morgan fingerprint density at radius 1 is 0.610 bits per heavy atom. The third-order valence-corrected chi connectivity index (χ3v) is 12.4. The van der Waals surface area contributed by atoms with Gasteiger partial charge in [-0.25, -0.2) is 4.18 Å². The first-order valence-electron chi connectivity index (χ1n) is 24.4. The molecular weight excluding hydrogens is 775 g/mol. The highest BCUT2D eigenvalue weighted by Gasteiger charge is 2.48. The van der Waals surface area contributed by atoms with Gasteiger partial charge in [0.05, 0.1) is 25.4 Å². The van der Waals surface area contributed by atoms with Crippen molar-refractivity contribution in [3.8, 4) is 0 Å². The molecule has 1 aliphatic heterocycles. The summed E-state index contributed by atoms with van der Waals surface area (Å²) in [6.45, 7) is 3.45. The minimum Gasteiger partial charge on any atom is -0.394 e. The molecule has 1 saturated heterocycles. The van der Waals surface area contributed by atoms with E-state index in [1.807, 2.05) is 0 Å². The van der Waals surface area contributed by atoms with Gasteiger partial charge in [0, 0.05) is 6.42 Å². The molecule has 0 bridgehead atoms. The number of carbonyl (C=O) groups is 1. The zero-order chi connectivity index (χ0) is 43.4. The van der Waals surface area contributed by atoms with Gasteiger partial charge in [-0.05, 0) is 12.8 Å². The van der Waals surface area contributed by atoms with E-state index in [0.717, 1.165) is 51.4 Å². The van der Waals surface area contributed by atoms with Gasteiger partial charge in [-0.15, -0.1) is 0 Å². The maximum Gasteiger partial charge on any atom is 0.397 e. The van der Waals surface area contributed by atoms with Crippen molar-refractivity contribution in [2.24, 2.45) is 0 Å². The second-order valence-electron chi connectivity index (χ2n) is 17.4. The Bertz CT molecular complexity index is 1070. The first-order chi connectivity index (χ1) is 28.5. The lowest BCUT2D eigenvalue weighted by Gasteiger charge is -2.41. The number of aliphatic hydroxyl groups excluding tert-OH is 4. The molecule has 6 N–H and O–H groups in total.